The number of carbonyl (C=O) groups is 10. The molecule has 0 heterocycles. The Kier molecular flexibility index (Phi) is 89.6. The Morgan fingerprint density at radius 1 is 0.387 bits per heavy atom. The Hall–Kier alpha value is -9.90. The van der Waals surface area contributed by atoms with Crippen LogP contribution in [-0.4, -0.2) is 264 Å². The molecule has 0 spiro atoms. The first kappa shape index (κ1) is 145. The number of guanidine groups is 2. The molecule has 5 rings (SSSR count). The number of Topliss-reactive ketones (excluding diaryl/α,β-unsaturated/α-hetero) is 9. The quantitative estimate of drug-likeness (QED) is 0.00359. The lowest BCUT2D eigenvalue weighted by atomic mass is 9.80. The van der Waals surface area contributed by atoms with Gasteiger partial charge in [0.05, 0.1) is 66.2 Å². The average Bonchev–Trinajstić information content (AvgIpc) is 0.873. The number of anilines is 1. The Bertz CT molecular complexity index is 4300. The van der Waals surface area contributed by atoms with Gasteiger partial charge in [-0.2, -0.15) is 0 Å². The van der Waals surface area contributed by atoms with Gasteiger partial charge in [0.15, 0.2) is 11.9 Å². The van der Waals surface area contributed by atoms with Crippen molar-refractivity contribution in [1.29, 1.82) is 0 Å². The minimum atomic E-state index is -4.52. The van der Waals surface area contributed by atoms with E-state index in [4.69, 9.17) is 70.9 Å². The van der Waals surface area contributed by atoms with Gasteiger partial charge in [0.25, 0.3) is 0 Å². The topological polar surface area (TPSA) is 656 Å². The molecule has 0 saturated carbocycles. The maximum Gasteiger partial charge on any atom is 0.524 e. The first-order valence-corrected chi connectivity index (χ1v) is 49.5. The second-order valence-electron chi connectivity index (χ2n) is 33.3. The van der Waals surface area contributed by atoms with E-state index in [1.54, 1.807) is 158 Å². The molecule has 0 unspecified atom stereocenters. The third kappa shape index (κ3) is 80.5. The third-order valence-corrected chi connectivity index (χ3v) is 22.1. The molecule has 0 fully saturated rings. The van der Waals surface area contributed by atoms with Crippen LogP contribution in [-0.2, 0) is 90.5 Å². The van der Waals surface area contributed by atoms with Crippen molar-refractivity contribution in [3.8, 4) is 5.75 Å². The highest BCUT2D eigenvalue weighted by molar-refractivity contribution is 7.50. The van der Waals surface area contributed by atoms with E-state index in [-0.39, 0.29) is 130 Å². The summed E-state index contributed by atoms with van der Waals surface area (Å²) in [5, 5.41) is 56.4. The van der Waals surface area contributed by atoms with Gasteiger partial charge in [-0.05, 0) is 290 Å². The Balaban J connectivity index is -0.000000288. The molecule has 0 aliphatic rings. The van der Waals surface area contributed by atoms with Crippen LogP contribution in [0.15, 0.2) is 131 Å². The summed E-state index contributed by atoms with van der Waals surface area (Å²) in [6, 6.07) is 34.2. The minimum Gasteiger partial charge on any atom is -0.423 e. The number of nitrogens with two attached hydrogens (primary N) is 4. The van der Waals surface area contributed by atoms with E-state index < -0.39 is 28.6 Å². The summed E-state index contributed by atoms with van der Waals surface area (Å²) in [7, 11) is 9.57. The van der Waals surface area contributed by atoms with Crippen LogP contribution in [0.3, 0.4) is 0 Å². The maximum absolute atomic E-state index is 11.3. The number of rotatable bonds is 52. The zero-order chi connectivity index (χ0) is 110. The van der Waals surface area contributed by atoms with Crippen molar-refractivity contribution in [2.45, 2.75) is 253 Å². The van der Waals surface area contributed by atoms with Crippen LogP contribution in [0.1, 0.15) is 188 Å². The number of benzene rings is 5. The van der Waals surface area contributed by atoms with Crippen molar-refractivity contribution in [1.82, 2.24) is 75.3 Å². The van der Waals surface area contributed by atoms with E-state index in [0.717, 1.165) is 110 Å². The van der Waals surface area contributed by atoms with Crippen LogP contribution in [0.5, 0.6) is 5.75 Å². The monoisotopic (exact) mass is 2060 g/mol. The molecule has 0 aliphatic carbocycles. The SMILES string of the molecule is CN=C(NC)NCCC[C@H](NC)C(C)=O.CN[C@@H](CCCC(C)C)C(C)=O.CN[C@@H](CCCCNC(C)C)C(C)=O.CN[C@@H](CCCNC(N)=O)C(C)=O.CN[C@@H](Cc1ccc(B(O)O)cc1)C(C)=O.CN[C@@H](Cc1ccc(CP(=O)(O)O)cc1)C(C)=O.CN[C@@H](Cc1ccc(N)cc1)C(C)=O.CN[C@@H](Cc1ccc(N=C(N)N)cc1)C(C)=O.CN[C@@H](Cc1ccc(OP(=O)(O)O)cc1)C(C)=O.FF.FF.N. The highest BCUT2D eigenvalue weighted by atomic mass is 31.2. The number of primary amides is 1. The van der Waals surface area contributed by atoms with Crippen molar-refractivity contribution in [3.05, 3.63) is 155 Å². The van der Waals surface area contributed by atoms with E-state index in [9.17, 15) is 57.1 Å². The summed E-state index contributed by atoms with van der Waals surface area (Å²) in [6.45, 7) is 25.3. The molecule has 46 heteroatoms. The lowest BCUT2D eigenvalue weighted by molar-refractivity contribution is -0.119. The Morgan fingerprint density at radius 3 is 0.930 bits per heavy atom. The van der Waals surface area contributed by atoms with Crippen LogP contribution in [0.2, 0.25) is 0 Å². The molecule has 810 valence electrons. The van der Waals surface area contributed by atoms with Crippen molar-refractivity contribution in [2.24, 2.45) is 33.1 Å². The van der Waals surface area contributed by atoms with Gasteiger partial charge >= 0.3 is 28.6 Å². The van der Waals surface area contributed by atoms with Crippen LogP contribution < -0.4 is 108 Å². The number of carbonyl (C=O) groups excluding carboxylic acids is 10. The average molecular weight is 2060 g/mol. The fourth-order valence-electron chi connectivity index (χ4n) is 12.7. The van der Waals surface area contributed by atoms with Gasteiger partial charge in [-0.25, -0.2) is 14.4 Å². The highest BCUT2D eigenvalue weighted by Gasteiger charge is 2.22. The number of nitrogens with zero attached hydrogens (tertiary/aromatic N) is 2. The molecular formula is C96H171BF4N20O19P2. The molecule has 9 atom stereocenters. The van der Waals surface area contributed by atoms with E-state index in [1.807, 2.05) is 76.7 Å². The molecule has 0 aliphatic heterocycles. The number of hydrogen-bond donors (Lipinski definition) is 24. The predicted octanol–water partition coefficient (Wildman–Crippen LogP) is 6.86. The number of nitrogen functional groups attached to an aromatic ring is 1. The van der Waals surface area contributed by atoms with Gasteiger partial charge in [-0.15, -0.1) is 0 Å². The highest BCUT2D eigenvalue weighted by Crippen LogP contribution is 2.39. The number of amides is 2. The molecule has 0 saturated heterocycles. The first-order valence-electron chi connectivity index (χ1n) is 46.2. The normalized spacial score (nSPS) is 12.4. The fraction of sp³-hybridized carbons (Fsp3) is 0.562. The van der Waals surface area contributed by atoms with Gasteiger partial charge in [-0.1, -0.05) is 132 Å². The predicted molar refractivity (Wildman–Crippen MR) is 562 cm³/mol. The summed E-state index contributed by atoms with van der Waals surface area (Å²) in [5.74, 6) is 2.92. The van der Waals surface area contributed by atoms with Gasteiger partial charge in [0.1, 0.15) is 57.8 Å². The van der Waals surface area contributed by atoms with Crippen LogP contribution in [0, 0.1) is 5.92 Å². The number of phosphoric ester groups is 1. The van der Waals surface area contributed by atoms with Gasteiger partial charge in [0, 0.05) is 57.2 Å². The second kappa shape index (κ2) is 87.7. The molecular weight excluding hydrogens is 1890 g/mol. The molecule has 2 amide bonds. The van der Waals surface area contributed by atoms with E-state index in [1.165, 1.54) is 32.4 Å². The number of phosphoric acid groups is 1. The number of urea groups is 1. The Morgan fingerprint density at radius 2 is 0.669 bits per heavy atom. The number of aliphatic imine (C=N–C) groups is 2. The number of nitrogens with one attached hydrogen (secondary N) is 13. The summed E-state index contributed by atoms with van der Waals surface area (Å²) in [4.78, 5) is 153. The van der Waals surface area contributed by atoms with Crippen LogP contribution in [0.4, 0.5) is 34.5 Å². The summed E-state index contributed by atoms with van der Waals surface area (Å²) in [5.41, 5.74) is 28.5. The minimum absolute atomic E-state index is 0. The van der Waals surface area contributed by atoms with Gasteiger partial charge < -0.3 is 123 Å². The summed E-state index contributed by atoms with van der Waals surface area (Å²) >= 11 is 0. The number of unbranched alkanes of at least 4 members (excludes halogenated alkanes) is 1. The number of halogens is 4. The molecule has 0 bridgehead atoms. The zero-order valence-electron chi connectivity index (χ0n) is 87.7. The molecule has 0 radical (unpaired) electrons. The largest absolute Gasteiger partial charge is 0.524 e. The molecule has 30 N–H and O–H groups in total. The van der Waals surface area contributed by atoms with E-state index in [0.29, 0.717) is 67.8 Å². The number of ketones is 9. The molecule has 142 heavy (non-hydrogen) atoms. The smallest absolute Gasteiger partial charge is 0.423 e. The maximum atomic E-state index is 11.3. The lowest BCUT2D eigenvalue weighted by Crippen LogP contribution is -2.37. The van der Waals surface area contributed by atoms with Crippen molar-refractivity contribution in [3.63, 3.8) is 0 Å². The second-order valence-corrected chi connectivity index (χ2v) is 36.1. The van der Waals surface area contributed by atoms with Crippen LogP contribution >= 0.6 is 15.4 Å². The number of likely N-dealkylation sites (N-methyl/N-ethyl adjacent to an activating group) is 9. The molecule has 39 nitrogen and oxygen atoms in total. The summed E-state index contributed by atoms with van der Waals surface area (Å²) < 4.78 is 57.9. The molecule has 5 aromatic carbocycles. The van der Waals surface area contributed by atoms with Gasteiger partial charge in [0.2, 0.25) is 0 Å². The number of hydrogen-bond acceptors (Lipinski definition) is 29. The van der Waals surface area contributed by atoms with E-state index in [2.05, 4.69) is 111 Å². The van der Waals surface area contributed by atoms with Crippen molar-refractivity contribution in [2.75, 3.05) is 103 Å². The summed E-state index contributed by atoms with van der Waals surface area (Å²) in [6.07, 6.45) is 12.6. The van der Waals surface area contributed by atoms with E-state index >= 15 is 0 Å². The lowest BCUT2D eigenvalue weighted by Gasteiger charge is -2.13. The molecule has 0 aromatic heterocycles. The van der Waals surface area contributed by atoms with Crippen molar-refractivity contribution < 1.29 is 110 Å². The standard InChI is InChI=1S/C12H18N4O.C12H18NO4P.C11H16BNO3.C11H16N2O.C11H24N2O.C11H16NO5P.C10H22N4O.C10H21NO.C8H17N3O2.2F2.H3N/c1-8(17)11(15-2)7-9-3-5-10(6-4-9)16-12(13)14;1-9(14)12(13-2)7-10-3-5-11(6-4-10)8-18(15,16)17;1-8(14)11(13-2)7-9-3-5-10(6-4-9)12(15)16;1-8(14)11(13-2)7-9-3-5-10(12)6-4-9;1-9(2)13-8-6-5-7-11(12-4)10(3)14;1-8(13)11(12-2)7-9-3-5-10(6-4-9)17-18(14,15)16;1-8(15)9(11-2)6-5-7-14-10(12-3)13-4;1-8(2)6-5-7-10(11-4)9(3)12;1-6(12)7(10-2)4-3-5-11-8(9)13;2*1-2;/h3-6,11,15H,7H2,1-2H3,(H4,13,14,16);3-6,12-13H,7-8H2,1-2H3,(H2,15,16,17);3-6,11,13,15-16H,7H2,1-2H3;3-6,11,13H,7,12H2,1-2H3;9,11-13H,5-8H2,1-4H3;3-6,11-12H,7H2,1-2H3,(H2,14,15,16);9,11H,5-7H2,1-4H3,(H2,12,13,14);8,10-11H,5-7H2,1-4H3;7,10H,3-5H2,1-2H3,(H3,9,11,13);;;1H3/t11-;12-;4*11-;9-;10-;7-;;;/m000000000.../s1. The van der Waals surface area contributed by atoms with Crippen molar-refractivity contribution >= 4 is 109 Å². The third-order valence-electron chi connectivity index (χ3n) is 20.9. The Labute approximate surface area is 839 Å². The fourth-order valence-corrected chi connectivity index (χ4v) is 13.8. The van der Waals surface area contributed by atoms with Gasteiger partial charge in [-0.3, -0.25) is 62.5 Å². The van der Waals surface area contributed by atoms with Crippen LogP contribution in [0.25, 0.3) is 0 Å². The zero-order valence-corrected chi connectivity index (χ0v) is 89.5. The first-order chi connectivity index (χ1) is 66.2. The molecule has 5 aromatic rings.